The summed E-state index contributed by atoms with van der Waals surface area (Å²) < 4.78 is 0. The molecule has 5 aliphatic rings. The van der Waals surface area contributed by atoms with Gasteiger partial charge in [-0.2, -0.15) is 0 Å². The maximum Gasteiger partial charge on any atom is 0.0272 e. The van der Waals surface area contributed by atoms with Gasteiger partial charge in [0.1, 0.15) is 0 Å². The lowest BCUT2D eigenvalue weighted by Gasteiger charge is -2.61. The van der Waals surface area contributed by atoms with Crippen molar-refractivity contribution in [2.45, 2.75) is 37.5 Å². The zero-order valence-corrected chi connectivity index (χ0v) is 31.5. The SMILES string of the molecule is c1ccc(-c2ccc(-c3c4ccccc4c(-c4cccc5cc6c(cc45)-c4c(ccc5ccccc45)C64C5CC6CC(C5)CC4C6)c4ccccc34)cc2)cc1. The van der Waals surface area contributed by atoms with Crippen LogP contribution in [0.5, 0.6) is 0 Å². The Morgan fingerprint density at radius 1 is 0.321 bits per heavy atom. The van der Waals surface area contributed by atoms with Gasteiger partial charge in [-0.3, -0.25) is 0 Å². The van der Waals surface area contributed by atoms with Crippen molar-refractivity contribution < 1.29 is 0 Å². The van der Waals surface area contributed by atoms with Crippen molar-refractivity contribution >= 4 is 43.1 Å². The summed E-state index contributed by atoms with van der Waals surface area (Å²) >= 11 is 0. The van der Waals surface area contributed by atoms with Gasteiger partial charge in [0.05, 0.1) is 0 Å². The minimum Gasteiger partial charge on any atom is -0.0622 e. The lowest BCUT2D eigenvalue weighted by molar-refractivity contribution is -0.0398. The van der Waals surface area contributed by atoms with Crippen LogP contribution in [0, 0.1) is 23.7 Å². The monoisotopic (exact) mass is 714 g/mol. The third-order valence-corrected chi connectivity index (χ3v) is 15.0. The molecule has 4 bridgehead atoms. The van der Waals surface area contributed by atoms with Gasteiger partial charge in [0, 0.05) is 5.41 Å². The van der Waals surface area contributed by atoms with Gasteiger partial charge in [-0.1, -0.05) is 158 Å². The molecule has 9 aromatic rings. The number of benzene rings is 9. The molecule has 5 aliphatic carbocycles. The van der Waals surface area contributed by atoms with Crippen LogP contribution in [0.1, 0.15) is 43.2 Å². The standard InChI is InChI=1S/C56H42/c1-2-11-36(12-3-1)37-21-23-39(24-22-37)53-44-16-6-8-18-46(44)54(47-19-9-7-17-45(47)53)48-20-10-14-40-32-52-50(33-49(40)48)55-43-15-5-4-13-38(43)25-26-51(55)56(52)41-28-34-27-35(30-41)31-42(56)29-34/h1-26,32-35,41-42H,27-31H2. The maximum atomic E-state index is 2.68. The summed E-state index contributed by atoms with van der Waals surface area (Å²) in [6.07, 6.45) is 7.07. The molecule has 0 heterocycles. The topological polar surface area (TPSA) is 0 Å². The summed E-state index contributed by atoms with van der Waals surface area (Å²) in [6.45, 7) is 0. The molecule has 14 rings (SSSR count). The first kappa shape index (κ1) is 31.2. The van der Waals surface area contributed by atoms with Gasteiger partial charge >= 0.3 is 0 Å². The van der Waals surface area contributed by atoms with E-state index in [2.05, 4.69) is 170 Å². The van der Waals surface area contributed by atoms with Crippen LogP contribution in [0.4, 0.5) is 0 Å². The van der Waals surface area contributed by atoms with Gasteiger partial charge < -0.3 is 0 Å². The van der Waals surface area contributed by atoms with E-state index < -0.39 is 0 Å². The fraction of sp³-hybridized carbons (Fsp3) is 0.179. The van der Waals surface area contributed by atoms with Gasteiger partial charge in [-0.25, -0.2) is 0 Å². The second-order valence-corrected chi connectivity index (χ2v) is 17.6. The average molecular weight is 715 g/mol. The Balaban J connectivity index is 1.07. The Morgan fingerprint density at radius 3 is 1.55 bits per heavy atom. The van der Waals surface area contributed by atoms with Gasteiger partial charge in [0.15, 0.2) is 0 Å². The number of hydrogen-bond donors (Lipinski definition) is 0. The predicted octanol–water partition coefficient (Wildman–Crippen LogP) is 15.0. The molecular formula is C56H42. The molecule has 0 saturated heterocycles. The molecule has 266 valence electrons. The van der Waals surface area contributed by atoms with Crippen LogP contribution >= 0.6 is 0 Å². The summed E-state index contributed by atoms with van der Waals surface area (Å²) in [4.78, 5) is 0. The minimum absolute atomic E-state index is 0.128. The van der Waals surface area contributed by atoms with E-state index in [1.54, 1.807) is 11.1 Å². The molecule has 0 amide bonds. The Labute approximate surface area is 328 Å². The first-order valence-electron chi connectivity index (χ1n) is 20.9. The third-order valence-electron chi connectivity index (χ3n) is 15.0. The van der Waals surface area contributed by atoms with E-state index in [0.717, 1.165) is 23.7 Å². The molecule has 0 N–H and O–H groups in total. The highest BCUT2D eigenvalue weighted by Crippen LogP contribution is 2.70. The number of fused-ring (bicyclic) bond motifs is 8. The maximum absolute atomic E-state index is 2.68. The lowest BCUT2D eigenvalue weighted by atomic mass is 9.43. The second kappa shape index (κ2) is 11.5. The molecule has 0 heteroatoms. The van der Waals surface area contributed by atoms with E-state index in [0.29, 0.717) is 0 Å². The Kier molecular flexibility index (Phi) is 6.43. The summed E-state index contributed by atoms with van der Waals surface area (Å²) in [6, 6.07) is 64.8. The molecular weight excluding hydrogens is 673 g/mol. The van der Waals surface area contributed by atoms with E-state index in [4.69, 9.17) is 0 Å². The van der Waals surface area contributed by atoms with E-state index in [-0.39, 0.29) is 5.41 Å². The first-order valence-corrected chi connectivity index (χ1v) is 20.9. The normalized spacial score (nSPS) is 23.1. The Bertz CT molecular complexity index is 2990. The zero-order chi connectivity index (χ0) is 36.5. The summed E-state index contributed by atoms with van der Waals surface area (Å²) in [5.74, 6) is 3.33. The lowest BCUT2D eigenvalue weighted by Crippen LogP contribution is -2.55. The van der Waals surface area contributed by atoms with Gasteiger partial charge in [0.25, 0.3) is 0 Å². The second-order valence-electron chi connectivity index (χ2n) is 17.6. The van der Waals surface area contributed by atoms with Crippen molar-refractivity contribution in [3.05, 3.63) is 181 Å². The van der Waals surface area contributed by atoms with E-state index in [9.17, 15) is 0 Å². The summed E-state index contributed by atoms with van der Waals surface area (Å²) in [5, 5.41) is 10.7. The molecule has 56 heavy (non-hydrogen) atoms. The molecule has 4 saturated carbocycles. The highest BCUT2D eigenvalue weighted by molar-refractivity contribution is 6.24. The average Bonchev–Trinajstić information content (AvgIpc) is 3.54. The molecule has 0 atom stereocenters. The van der Waals surface area contributed by atoms with Crippen LogP contribution in [0.2, 0.25) is 0 Å². The van der Waals surface area contributed by atoms with Crippen molar-refractivity contribution in [2.75, 3.05) is 0 Å². The largest absolute Gasteiger partial charge is 0.0622 e. The van der Waals surface area contributed by atoms with Crippen LogP contribution in [-0.4, -0.2) is 0 Å². The molecule has 4 fully saturated rings. The Hall–Kier alpha value is -5.98. The number of rotatable bonds is 3. The summed E-state index contributed by atoms with van der Waals surface area (Å²) in [7, 11) is 0. The fourth-order valence-electron chi connectivity index (χ4n) is 13.1. The fourth-order valence-corrected chi connectivity index (χ4v) is 13.1. The highest BCUT2D eigenvalue weighted by Gasteiger charge is 2.61. The van der Waals surface area contributed by atoms with Crippen molar-refractivity contribution in [3.8, 4) is 44.5 Å². The first-order chi connectivity index (χ1) is 27.7. The third kappa shape index (κ3) is 4.15. The van der Waals surface area contributed by atoms with Gasteiger partial charge in [-0.05, 0) is 167 Å². The highest BCUT2D eigenvalue weighted by atomic mass is 14.6. The van der Waals surface area contributed by atoms with E-state index in [1.165, 1.54) is 120 Å². The van der Waals surface area contributed by atoms with E-state index in [1.807, 2.05) is 0 Å². The molecule has 0 unspecified atom stereocenters. The van der Waals surface area contributed by atoms with Crippen LogP contribution in [0.3, 0.4) is 0 Å². The van der Waals surface area contributed by atoms with Crippen molar-refractivity contribution in [1.82, 2.24) is 0 Å². The van der Waals surface area contributed by atoms with Gasteiger partial charge in [-0.15, -0.1) is 0 Å². The quantitative estimate of drug-likeness (QED) is 0.160. The zero-order valence-electron chi connectivity index (χ0n) is 31.5. The van der Waals surface area contributed by atoms with Crippen LogP contribution in [0.15, 0.2) is 170 Å². The van der Waals surface area contributed by atoms with Crippen molar-refractivity contribution in [3.63, 3.8) is 0 Å². The smallest absolute Gasteiger partial charge is 0.0272 e. The summed E-state index contributed by atoms with van der Waals surface area (Å²) in [5.41, 5.74) is 14.1. The van der Waals surface area contributed by atoms with Crippen molar-refractivity contribution in [1.29, 1.82) is 0 Å². The molecule has 9 aromatic carbocycles. The molecule has 1 spiro atoms. The molecule has 0 radical (unpaired) electrons. The van der Waals surface area contributed by atoms with Crippen LogP contribution in [0.25, 0.3) is 87.6 Å². The van der Waals surface area contributed by atoms with Gasteiger partial charge in [0.2, 0.25) is 0 Å². The Morgan fingerprint density at radius 2 is 0.875 bits per heavy atom. The predicted molar refractivity (Wildman–Crippen MR) is 236 cm³/mol. The van der Waals surface area contributed by atoms with Crippen LogP contribution in [-0.2, 0) is 5.41 Å². The van der Waals surface area contributed by atoms with E-state index >= 15 is 0 Å². The molecule has 0 aromatic heterocycles. The molecule has 0 aliphatic heterocycles. The van der Waals surface area contributed by atoms with Crippen molar-refractivity contribution in [2.24, 2.45) is 23.7 Å². The number of hydrogen-bond acceptors (Lipinski definition) is 0. The van der Waals surface area contributed by atoms with Crippen LogP contribution < -0.4 is 0 Å². The minimum atomic E-state index is 0.128. The molecule has 0 nitrogen and oxygen atoms in total.